The molecule has 0 aliphatic carbocycles. The molecule has 0 amide bonds. The SMILES string of the molecule is O=C(O)CBr.c1ccc2cc3ccccc3cc2c1. The Labute approximate surface area is 119 Å². The van der Waals surface area contributed by atoms with Crippen LogP contribution in [0.4, 0.5) is 0 Å². The zero-order valence-corrected chi connectivity index (χ0v) is 11.8. The molecule has 0 aromatic heterocycles. The number of benzene rings is 3. The summed E-state index contributed by atoms with van der Waals surface area (Å²) < 4.78 is 0. The van der Waals surface area contributed by atoms with Gasteiger partial charge in [0.15, 0.2) is 0 Å². The molecule has 0 saturated carbocycles. The predicted octanol–water partition coefficient (Wildman–Crippen LogP) is 4.46. The highest BCUT2D eigenvalue weighted by Crippen LogP contribution is 2.21. The van der Waals surface area contributed by atoms with Crippen molar-refractivity contribution in [1.82, 2.24) is 0 Å². The van der Waals surface area contributed by atoms with Crippen molar-refractivity contribution in [2.24, 2.45) is 0 Å². The van der Waals surface area contributed by atoms with E-state index < -0.39 is 5.97 Å². The Balaban J connectivity index is 0.000000232. The van der Waals surface area contributed by atoms with E-state index in [2.05, 4.69) is 76.6 Å². The number of fused-ring (bicyclic) bond motifs is 2. The molecule has 19 heavy (non-hydrogen) atoms. The number of hydrogen-bond acceptors (Lipinski definition) is 1. The Morgan fingerprint density at radius 2 is 1.11 bits per heavy atom. The summed E-state index contributed by atoms with van der Waals surface area (Å²) in [7, 11) is 0. The minimum Gasteiger partial charge on any atom is -0.481 e. The van der Waals surface area contributed by atoms with Gasteiger partial charge < -0.3 is 5.11 Å². The second-order valence-electron chi connectivity index (χ2n) is 4.07. The first-order valence-electron chi connectivity index (χ1n) is 5.86. The van der Waals surface area contributed by atoms with Crippen molar-refractivity contribution in [3.8, 4) is 0 Å². The Morgan fingerprint density at radius 3 is 1.32 bits per heavy atom. The standard InChI is InChI=1S/C14H10.C2H3BrO2/c1-2-6-12-10-14-8-4-3-7-13(14)9-11(12)5-1;3-1-2(4)5/h1-10H;1H2,(H,4,5). The van der Waals surface area contributed by atoms with E-state index in [9.17, 15) is 4.79 Å². The van der Waals surface area contributed by atoms with Crippen molar-refractivity contribution < 1.29 is 9.90 Å². The van der Waals surface area contributed by atoms with Gasteiger partial charge in [-0.3, -0.25) is 4.79 Å². The second kappa shape index (κ2) is 6.34. The molecule has 3 aromatic carbocycles. The van der Waals surface area contributed by atoms with Crippen LogP contribution in [0.25, 0.3) is 21.5 Å². The van der Waals surface area contributed by atoms with Gasteiger partial charge >= 0.3 is 5.97 Å². The fraction of sp³-hybridized carbons (Fsp3) is 0.0625. The molecule has 0 unspecified atom stereocenters. The summed E-state index contributed by atoms with van der Waals surface area (Å²) >= 11 is 2.71. The molecule has 2 nitrogen and oxygen atoms in total. The van der Waals surface area contributed by atoms with Crippen molar-refractivity contribution in [2.75, 3.05) is 5.33 Å². The van der Waals surface area contributed by atoms with E-state index in [0.29, 0.717) is 0 Å². The number of rotatable bonds is 1. The van der Waals surface area contributed by atoms with Gasteiger partial charge in [0, 0.05) is 0 Å². The monoisotopic (exact) mass is 316 g/mol. The minimum atomic E-state index is -0.829. The lowest BCUT2D eigenvalue weighted by Crippen LogP contribution is -1.92. The lowest BCUT2D eigenvalue weighted by atomic mass is 10.0. The minimum absolute atomic E-state index is 0.0347. The lowest BCUT2D eigenvalue weighted by Gasteiger charge is -2.00. The van der Waals surface area contributed by atoms with Crippen molar-refractivity contribution >= 4 is 43.4 Å². The largest absolute Gasteiger partial charge is 0.481 e. The third-order valence-corrected chi connectivity index (χ3v) is 3.21. The van der Waals surface area contributed by atoms with Crippen LogP contribution in [0.3, 0.4) is 0 Å². The molecule has 0 saturated heterocycles. The van der Waals surface area contributed by atoms with E-state index in [0.717, 1.165) is 0 Å². The molecule has 3 heteroatoms. The smallest absolute Gasteiger partial charge is 0.314 e. The maximum absolute atomic E-state index is 9.32. The van der Waals surface area contributed by atoms with Gasteiger partial charge in [0.25, 0.3) is 0 Å². The van der Waals surface area contributed by atoms with Crippen LogP contribution in [0.2, 0.25) is 0 Å². The van der Waals surface area contributed by atoms with Crippen LogP contribution in [0.1, 0.15) is 0 Å². The molecule has 1 N–H and O–H groups in total. The van der Waals surface area contributed by atoms with E-state index in [4.69, 9.17) is 5.11 Å². The molecule has 0 atom stereocenters. The van der Waals surface area contributed by atoms with Gasteiger partial charge in [0.05, 0.1) is 0 Å². The number of hydrogen-bond donors (Lipinski definition) is 1. The average Bonchev–Trinajstić information content (AvgIpc) is 2.45. The molecule has 0 aliphatic heterocycles. The summed E-state index contributed by atoms with van der Waals surface area (Å²) in [6.45, 7) is 0. The van der Waals surface area contributed by atoms with Gasteiger partial charge in [0.2, 0.25) is 0 Å². The van der Waals surface area contributed by atoms with E-state index in [1.165, 1.54) is 21.5 Å². The van der Waals surface area contributed by atoms with Crippen LogP contribution < -0.4 is 0 Å². The Morgan fingerprint density at radius 1 is 0.842 bits per heavy atom. The summed E-state index contributed by atoms with van der Waals surface area (Å²) in [6, 6.07) is 21.4. The van der Waals surface area contributed by atoms with Gasteiger partial charge in [-0.05, 0) is 33.7 Å². The van der Waals surface area contributed by atoms with Gasteiger partial charge in [-0.15, -0.1) is 0 Å². The molecule has 0 aliphatic rings. The highest BCUT2D eigenvalue weighted by Gasteiger charge is 1.95. The molecular formula is C16H13BrO2. The number of aliphatic carboxylic acids is 1. The highest BCUT2D eigenvalue weighted by molar-refractivity contribution is 9.09. The summed E-state index contributed by atoms with van der Waals surface area (Å²) in [5.74, 6) is -0.829. The Bertz CT molecular complexity index is 602. The zero-order valence-electron chi connectivity index (χ0n) is 10.2. The van der Waals surface area contributed by atoms with Crippen molar-refractivity contribution in [3.63, 3.8) is 0 Å². The quantitative estimate of drug-likeness (QED) is 0.531. The van der Waals surface area contributed by atoms with Gasteiger partial charge in [-0.25, -0.2) is 0 Å². The van der Waals surface area contributed by atoms with E-state index in [1.54, 1.807) is 0 Å². The molecular weight excluding hydrogens is 304 g/mol. The molecule has 3 rings (SSSR count). The number of carbonyl (C=O) groups is 1. The van der Waals surface area contributed by atoms with Crippen LogP contribution in [-0.2, 0) is 4.79 Å². The van der Waals surface area contributed by atoms with Crippen molar-refractivity contribution in [1.29, 1.82) is 0 Å². The van der Waals surface area contributed by atoms with E-state index in [1.807, 2.05) is 0 Å². The number of halogens is 1. The summed E-state index contributed by atoms with van der Waals surface area (Å²) in [5.41, 5.74) is 0. The van der Waals surface area contributed by atoms with Crippen LogP contribution in [0, 0.1) is 0 Å². The van der Waals surface area contributed by atoms with Crippen LogP contribution in [0.15, 0.2) is 60.7 Å². The van der Waals surface area contributed by atoms with E-state index in [-0.39, 0.29) is 5.33 Å². The number of carboxylic acids is 1. The maximum atomic E-state index is 9.32. The van der Waals surface area contributed by atoms with Gasteiger partial charge in [-0.2, -0.15) is 0 Å². The molecule has 0 spiro atoms. The summed E-state index contributed by atoms with van der Waals surface area (Å²) in [6.07, 6.45) is 0. The molecule has 96 valence electrons. The fourth-order valence-electron chi connectivity index (χ4n) is 1.88. The third kappa shape index (κ3) is 3.55. The number of alkyl halides is 1. The Kier molecular flexibility index (Phi) is 4.53. The topological polar surface area (TPSA) is 37.3 Å². The number of carboxylic acid groups (broad SMARTS) is 1. The van der Waals surface area contributed by atoms with Gasteiger partial charge in [-0.1, -0.05) is 64.5 Å². The molecule has 0 radical (unpaired) electrons. The molecule has 3 aromatic rings. The predicted molar refractivity (Wildman–Crippen MR) is 82.9 cm³/mol. The normalized spacial score (nSPS) is 9.95. The first-order valence-corrected chi connectivity index (χ1v) is 6.98. The van der Waals surface area contributed by atoms with Crippen LogP contribution in [0.5, 0.6) is 0 Å². The third-order valence-electron chi connectivity index (χ3n) is 2.73. The fourth-order valence-corrected chi connectivity index (χ4v) is 1.88. The highest BCUT2D eigenvalue weighted by atomic mass is 79.9. The maximum Gasteiger partial charge on any atom is 0.314 e. The summed E-state index contributed by atoms with van der Waals surface area (Å²) in [4.78, 5) is 9.32. The van der Waals surface area contributed by atoms with E-state index >= 15 is 0 Å². The molecule has 0 fully saturated rings. The zero-order chi connectivity index (χ0) is 13.7. The van der Waals surface area contributed by atoms with Crippen LogP contribution >= 0.6 is 15.9 Å². The van der Waals surface area contributed by atoms with Crippen molar-refractivity contribution in [3.05, 3.63) is 60.7 Å². The average molecular weight is 317 g/mol. The second-order valence-corrected chi connectivity index (χ2v) is 4.63. The lowest BCUT2D eigenvalue weighted by molar-refractivity contribution is -0.133. The first kappa shape index (κ1) is 13.6. The van der Waals surface area contributed by atoms with Gasteiger partial charge in [0.1, 0.15) is 5.33 Å². The summed E-state index contributed by atoms with van der Waals surface area (Å²) in [5, 5.41) is 13.0. The molecule has 0 heterocycles. The molecule has 0 bridgehead atoms. The van der Waals surface area contributed by atoms with Crippen molar-refractivity contribution in [2.45, 2.75) is 0 Å². The van der Waals surface area contributed by atoms with Crippen LogP contribution in [-0.4, -0.2) is 16.4 Å². The first-order chi connectivity index (χ1) is 9.20. The Hall–Kier alpha value is -1.87.